The lowest BCUT2D eigenvalue weighted by atomic mass is 10.1. The normalized spacial score (nSPS) is 13.0. The molecule has 0 heterocycles. The maximum Gasteiger partial charge on any atom is 0.150 e. The second-order valence-corrected chi connectivity index (χ2v) is 7.80. The molecular formula is C12H27NO2S. The summed E-state index contributed by atoms with van der Waals surface area (Å²) in [6, 6.07) is 0. The molecule has 0 atom stereocenters. The molecule has 0 aliphatic rings. The molecule has 0 amide bonds. The molecule has 4 heteroatoms. The van der Waals surface area contributed by atoms with Gasteiger partial charge in [-0.25, -0.2) is 8.42 Å². The van der Waals surface area contributed by atoms with Crippen LogP contribution in [0, 0.1) is 0 Å². The van der Waals surface area contributed by atoms with Crippen molar-refractivity contribution >= 4 is 9.84 Å². The third kappa shape index (κ3) is 10.4. The quantitative estimate of drug-likeness (QED) is 0.672. The zero-order valence-electron chi connectivity index (χ0n) is 11.2. The third-order valence-corrected chi connectivity index (χ3v) is 4.27. The predicted octanol–water partition coefficient (Wildman–Crippen LogP) is 2.37. The highest BCUT2D eigenvalue weighted by atomic mass is 32.2. The largest absolute Gasteiger partial charge is 0.312 e. The molecule has 0 spiro atoms. The van der Waals surface area contributed by atoms with E-state index in [1.54, 1.807) is 6.92 Å². The zero-order valence-corrected chi connectivity index (χ0v) is 12.0. The first-order valence-corrected chi connectivity index (χ1v) is 8.04. The van der Waals surface area contributed by atoms with Crippen molar-refractivity contribution in [2.24, 2.45) is 0 Å². The van der Waals surface area contributed by atoms with E-state index in [-0.39, 0.29) is 11.3 Å². The van der Waals surface area contributed by atoms with E-state index >= 15 is 0 Å². The minimum Gasteiger partial charge on any atom is -0.312 e. The van der Waals surface area contributed by atoms with E-state index in [1.165, 1.54) is 0 Å². The maximum atomic E-state index is 11.2. The molecule has 0 bridgehead atoms. The molecule has 0 aliphatic carbocycles. The third-order valence-electron chi connectivity index (χ3n) is 2.48. The Labute approximate surface area is 101 Å². The van der Waals surface area contributed by atoms with E-state index in [0.29, 0.717) is 5.75 Å². The summed E-state index contributed by atoms with van der Waals surface area (Å²) in [6.45, 7) is 9.19. The lowest BCUT2D eigenvalue weighted by Crippen LogP contribution is -2.36. The van der Waals surface area contributed by atoms with E-state index in [1.807, 2.05) is 0 Å². The Balaban J connectivity index is 3.36. The van der Waals surface area contributed by atoms with E-state index in [0.717, 1.165) is 32.2 Å². The van der Waals surface area contributed by atoms with Crippen LogP contribution < -0.4 is 5.32 Å². The fourth-order valence-corrected chi connectivity index (χ4v) is 2.34. The van der Waals surface area contributed by atoms with Gasteiger partial charge in [0, 0.05) is 11.3 Å². The zero-order chi connectivity index (χ0) is 12.7. The SMILES string of the molecule is CCS(=O)(=O)CCCCCCNC(C)(C)C. The van der Waals surface area contributed by atoms with Crippen molar-refractivity contribution in [2.45, 2.75) is 58.9 Å². The van der Waals surface area contributed by atoms with Gasteiger partial charge in [0.1, 0.15) is 9.84 Å². The average Bonchev–Trinajstić information content (AvgIpc) is 2.14. The summed E-state index contributed by atoms with van der Waals surface area (Å²) in [7, 11) is -2.75. The van der Waals surface area contributed by atoms with Gasteiger partial charge in [0.15, 0.2) is 0 Å². The number of hydrogen-bond acceptors (Lipinski definition) is 3. The Morgan fingerprint density at radius 2 is 1.56 bits per heavy atom. The van der Waals surface area contributed by atoms with Gasteiger partial charge < -0.3 is 5.32 Å². The van der Waals surface area contributed by atoms with Gasteiger partial charge >= 0.3 is 0 Å². The Morgan fingerprint density at radius 3 is 2.06 bits per heavy atom. The first-order chi connectivity index (χ1) is 7.27. The van der Waals surface area contributed by atoms with Crippen LogP contribution in [0.25, 0.3) is 0 Å². The number of rotatable bonds is 8. The van der Waals surface area contributed by atoms with Crippen molar-refractivity contribution in [3.63, 3.8) is 0 Å². The molecule has 0 aromatic heterocycles. The van der Waals surface area contributed by atoms with Crippen LogP contribution in [0.4, 0.5) is 0 Å². The molecule has 0 radical (unpaired) electrons. The number of unbranched alkanes of at least 4 members (excludes halogenated alkanes) is 3. The fourth-order valence-electron chi connectivity index (χ4n) is 1.41. The van der Waals surface area contributed by atoms with Crippen molar-refractivity contribution < 1.29 is 8.42 Å². The summed E-state index contributed by atoms with van der Waals surface area (Å²) >= 11 is 0. The van der Waals surface area contributed by atoms with Crippen molar-refractivity contribution in [3.8, 4) is 0 Å². The second-order valence-electron chi connectivity index (χ2n) is 5.33. The van der Waals surface area contributed by atoms with E-state index in [9.17, 15) is 8.42 Å². The molecule has 0 unspecified atom stereocenters. The van der Waals surface area contributed by atoms with Gasteiger partial charge in [0.2, 0.25) is 0 Å². The van der Waals surface area contributed by atoms with Crippen LogP contribution >= 0.6 is 0 Å². The smallest absolute Gasteiger partial charge is 0.150 e. The van der Waals surface area contributed by atoms with Crippen LogP contribution in [0.5, 0.6) is 0 Å². The highest BCUT2D eigenvalue weighted by Gasteiger charge is 2.08. The van der Waals surface area contributed by atoms with Crippen LogP contribution in [-0.2, 0) is 9.84 Å². The molecule has 1 N–H and O–H groups in total. The lowest BCUT2D eigenvalue weighted by molar-refractivity contribution is 0.416. The Bertz CT molecular complexity index is 265. The molecule has 0 saturated heterocycles. The minimum absolute atomic E-state index is 0.186. The highest BCUT2D eigenvalue weighted by Crippen LogP contribution is 2.04. The Hall–Kier alpha value is -0.0900. The van der Waals surface area contributed by atoms with Crippen molar-refractivity contribution in [2.75, 3.05) is 18.1 Å². The number of nitrogens with one attached hydrogen (secondary N) is 1. The van der Waals surface area contributed by atoms with Gasteiger partial charge in [-0.2, -0.15) is 0 Å². The summed E-state index contributed by atoms with van der Waals surface area (Å²) in [5.41, 5.74) is 0.186. The van der Waals surface area contributed by atoms with Gasteiger partial charge in [0.25, 0.3) is 0 Å². The summed E-state index contributed by atoms with van der Waals surface area (Å²) in [5, 5.41) is 3.42. The summed E-state index contributed by atoms with van der Waals surface area (Å²) < 4.78 is 22.4. The van der Waals surface area contributed by atoms with Crippen molar-refractivity contribution in [1.82, 2.24) is 5.32 Å². The molecule has 0 aromatic carbocycles. The van der Waals surface area contributed by atoms with Crippen LogP contribution in [0.15, 0.2) is 0 Å². The van der Waals surface area contributed by atoms with Gasteiger partial charge in [-0.05, 0) is 40.2 Å². The van der Waals surface area contributed by atoms with Crippen LogP contribution in [0.1, 0.15) is 53.4 Å². The molecule has 98 valence electrons. The summed E-state index contributed by atoms with van der Waals surface area (Å²) in [4.78, 5) is 0. The predicted molar refractivity (Wildman–Crippen MR) is 70.6 cm³/mol. The molecule has 3 nitrogen and oxygen atoms in total. The fraction of sp³-hybridized carbons (Fsp3) is 1.00. The van der Waals surface area contributed by atoms with Crippen molar-refractivity contribution in [1.29, 1.82) is 0 Å². The van der Waals surface area contributed by atoms with Crippen molar-refractivity contribution in [3.05, 3.63) is 0 Å². The van der Waals surface area contributed by atoms with Gasteiger partial charge in [-0.3, -0.25) is 0 Å². The summed E-state index contributed by atoms with van der Waals surface area (Å²) in [5.74, 6) is 0.634. The molecule has 0 aromatic rings. The van der Waals surface area contributed by atoms with E-state index < -0.39 is 9.84 Å². The molecule has 0 rings (SSSR count). The minimum atomic E-state index is -2.75. The van der Waals surface area contributed by atoms with Crippen LogP contribution in [0.3, 0.4) is 0 Å². The van der Waals surface area contributed by atoms with Crippen LogP contribution in [-0.4, -0.2) is 32.0 Å². The lowest BCUT2D eigenvalue weighted by Gasteiger charge is -2.20. The molecule has 0 aliphatic heterocycles. The van der Waals surface area contributed by atoms with E-state index in [2.05, 4.69) is 26.1 Å². The van der Waals surface area contributed by atoms with Gasteiger partial charge in [0.05, 0.1) is 5.75 Å². The summed E-state index contributed by atoms with van der Waals surface area (Å²) in [6.07, 6.45) is 4.07. The first kappa shape index (κ1) is 15.9. The molecule has 0 saturated carbocycles. The van der Waals surface area contributed by atoms with Gasteiger partial charge in [-0.1, -0.05) is 19.8 Å². The standard InChI is InChI=1S/C12H27NO2S/c1-5-16(14,15)11-9-7-6-8-10-13-12(2,3)4/h13H,5-11H2,1-4H3. The molecular weight excluding hydrogens is 222 g/mol. The highest BCUT2D eigenvalue weighted by molar-refractivity contribution is 7.91. The average molecular weight is 249 g/mol. The molecule has 16 heavy (non-hydrogen) atoms. The number of hydrogen-bond donors (Lipinski definition) is 1. The Morgan fingerprint density at radius 1 is 1.00 bits per heavy atom. The van der Waals surface area contributed by atoms with Crippen LogP contribution in [0.2, 0.25) is 0 Å². The number of sulfone groups is 1. The first-order valence-electron chi connectivity index (χ1n) is 6.22. The van der Waals surface area contributed by atoms with Gasteiger partial charge in [-0.15, -0.1) is 0 Å². The van der Waals surface area contributed by atoms with E-state index in [4.69, 9.17) is 0 Å². The Kier molecular flexibility index (Phi) is 7.24. The second kappa shape index (κ2) is 7.28. The maximum absolute atomic E-state index is 11.2. The molecule has 0 fully saturated rings. The topological polar surface area (TPSA) is 46.2 Å². The monoisotopic (exact) mass is 249 g/mol.